The molecule has 0 spiro atoms. The van der Waals surface area contributed by atoms with Crippen molar-refractivity contribution in [1.29, 1.82) is 0 Å². The van der Waals surface area contributed by atoms with Crippen LogP contribution in [0.1, 0.15) is 71.1 Å². The van der Waals surface area contributed by atoms with E-state index in [0.29, 0.717) is 23.3 Å². The molecule has 5 rings (SSSR count). The standard InChI is InChI=1S/C25H35N7O2S/c1-2-32-17-26-22-23(29-25(30-24(22)32)28-18-9-5-3-6-10-18)27-19-13-15-21(16-14-19)35(33,34)31-20-11-7-4-8-12-20/h13-18,20,31H,2-12H2,1H3,(H2,27,28,29,30). The first kappa shape index (κ1) is 24.0. The Labute approximate surface area is 207 Å². The summed E-state index contributed by atoms with van der Waals surface area (Å²) < 4.78 is 30.6. The summed E-state index contributed by atoms with van der Waals surface area (Å²) in [4.78, 5) is 14.3. The van der Waals surface area contributed by atoms with Crippen LogP contribution in [0.4, 0.5) is 17.5 Å². The summed E-state index contributed by atoms with van der Waals surface area (Å²) in [6.45, 7) is 2.82. The summed E-state index contributed by atoms with van der Waals surface area (Å²) in [7, 11) is -3.54. The highest BCUT2D eigenvalue weighted by molar-refractivity contribution is 7.89. The molecule has 9 nitrogen and oxygen atoms in total. The Morgan fingerprint density at radius 2 is 1.57 bits per heavy atom. The van der Waals surface area contributed by atoms with E-state index < -0.39 is 10.0 Å². The second-order valence-corrected chi connectivity index (χ2v) is 11.4. The SMILES string of the molecule is CCn1cnc2c(Nc3ccc(S(=O)(=O)NC4CCCCC4)cc3)nc(NC3CCCCC3)nc21. The molecule has 2 fully saturated rings. The smallest absolute Gasteiger partial charge is 0.240 e. The highest BCUT2D eigenvalue weighted by atomic mass is 32.2. The lowest BCUT2D eigenvalue weighted by Crippen LogP contribution is -2.36. The summed E-state index contributed by atoms with van der Waals surface area (Å²) in [5, 5.41) is 6.86. The van der Waals surface area contributed by atoms with E-state index >= 15 is 0 Å². The normalized spacial score (nSPS) is 18.1. The molecule has 2 aliphatic rings. The van der Waals surface area contributed by atoms with Crippen molar-refractivity contribution in [3.05, 3.63) is 30.6 Å². The average Bonchev–Trinajstić information content (AvgIpc) is 3.29. The molecule has 0 bridgehead atoms. The summed E-state index contributed by atoms with van der Waals surface area (Å²) in [6.07, 6.45) is 12.9. The van der Waals surface area contributed by atoms with E-state index in [4.69, 9.17) is 9.97 Å². The number of hydrogen-bond acceptors (Lipinski definition) is 7. The number of sulfonamides is 1. The first-order chi connectivity index (χ1) is 17.0. The van der Waals surface area contributed by atoms with Crippen LogP contribution in [0.25, 0.3) is 11.2 Å². The van der Waals surface area contributed by atoms with Gasteiger partial charge in [0.15, 0.2) is 17.0 Å². The van der Waals surface area contributed by atoms with Gasteiger partial charge in [-0.05, 0) is 56.9 Å². The van der Waals surface area contributed by atoms with Crippen LogP contribution in [-0.2, 0) is 16.6 Å². The van der Waals surface area contributed by atoms with Crippen LogP contribution in [0, 0.1) is 0 Å². The van der Waals surface area contributed by atoms with Crippen molar-refractivity contribution in [3.8, 4) is 0 Å². The maximum absolute atomic E-state index is 12.8. The van der Waals surface area contributed by atoms with Crippen molar-refractivity contribution in [2.24, 2.45) is 0 Å². The summed E-state index contributed by atoms with van der Waals surface area (Å²) in [5.74, 6) is 1.20. The molecule has 35 heavy (non-hydrogen) atoms. The fourth-order valence-corrected chi connectivity index (χ4v) is 6.42. The largest absolute Gasteiger partial charge is 0.351 e. The minimum Gasteiger partial charge on any atom is -0.351 e. The van der Waals surface area contributed by atoms with Crippen molar-refractivity contribution in [2.45, 2.75) is 94.7 Å². The summed E-state index contributed by atoms with van der Waals surface area (Å²) in [6, 6.07) is 7.23. The van der Waals surface area contributed by atoms with Gasteiger partial charge in [0.25, 0.3) is 0 Å². The van der Waals surface area contributed by atoms with E-state index in [0.717, 1.165) is 56.4 Å². The van der Waals surface area contributed by atoms with Crippen molar-refractivity contribution in [1.82, 2.24) is 24.2 Å². The lowest BCUT2D eigenvalue weighted by Gasteiger charge is -2.23. The molecule has 2 aliphatic carbocycles. The molecule has 0 amide bonds. The van der Waals surface area contributed by atoms with Crippen LogP contribution in [0.15, 0.2) is 35.5 Å². The van der Waals surface area contributed by atoms with E-state index in [9.17, 15) is 8.42 Å². The number of nitrogens with one attached hydrogen (secondary N) is 3. The van der Waals surface area contributed by atoms with Crippen molar-refractivity contribution in [3.63, 3.8) is 0 Å². The zero-order valence-corrected chi connectivity index (χ0v) is 21.1. The number of imidazole rings is 1. The van der Waals surface area contributed by atoms with Gasteiger partial charge >= 0.3 is 0 Å². The van der Waals surface area contributed by atoms with Crippen LogP contribution < -0.4 is 15.4 Å². The molecule has 0 atom stereocenters. The number of rotatable bonds is 8. The van der Waals surface area contributed by atoms with Crippen LogP contribution in [-0.4, -0.2) is 40.0 Å². The Kier molecular flexibility index (Phi) is 7.19. The molecule has 0 saturated heterocycles. The Balaban J connectivity index is 1.36. The number of benzene rings is 1. The Bertz CT molecular complexity index is 1240. The molecule has 10 heteroatoms. The molecule has 188 valence electrons. The number of hydrogen-bond donors (Lipinski definition) is 3. The van der Waals surface area contributed by atoms with Gasteiger partial charge in [-0.25, -0.2) is 18.1 Å². The van der Waals surface area contributed by atoms with Crippen molar-refractivity contribution >= 4 is 38.6 Å². The number of fused-ring (bicyclic) bond motifs is 1. The molecule has 3 aromatic rings. The predicted molar refractivity (Wildman–Crippen MR) is 138 cm³/mol. The number of aromatic nitrogens is 4. The van der Waals surface area contributed by atoms with Gasteiger partial charge in [0.05, 0.1) is 11.2 Å². The monoisotopic (exact) mass is 497 g/mol. The van der Waals surface area contributed by atoms with Crippen molar-refractivity contribution in [2.75, 3.05) is 10.6 Å². The lowest BCUT2D eigenvalue weighted by atomic mass is 9.96. The minimum absolute atomic E-state index is 0.0321. The zero-order valence-electron chi connectivity index (χ0n) is 20.3. The lowest BCUT2D eigenvalue weighted by molar-refractivity contribution is 0.412. The van der Waals surface area contributed by atoms with Gasteiger partial charge in [-0.15, -0.1) is 0 Å². The molecule has 3 N–H and O–H groups in total. The number of aryl methyl sites for hydroxylation is 1. The predicted octanol–water partition coefficient (Wildman–Crippen LogP) is 4.95. The van der Waals surface area contributed by atoms with Crippen molar-refractivity contribution < 1.29 is 8.42 Å². The van der Waals surface area contributed by atoms with Crippen LogP contribution in [0.2, 0.25) is 0 Å². The van der Waals surface area contributed by atoms with E-state index in [1.165, 1.54) is 25.7 Å². The Morgan fingerprint density at radius 3 is 2.23 bits per heavy atom. The minimum atomic E-state index is -3.54. The zero-order chi connectivity index (χ0) is 24.3. The molecule has 2 aromatic heterocycles. The third-order valence-electron chi connectivity index (χ3n) is 7.10. The fraction of sp³-hybridized carbons (Fsp3) is 0.560. The average molecular weight is 498 g/mol. The summed E-state index contributed by atoms with van der Waals surface area (Å²) in [5.41, 5.74) is 2.21. The highest BCUT2D eigenvalue weighted by Gasteiger charge is 2.22. The number of anilines is 3. The third kappa shape index (κ3) is 5.59. The Morgan fingerprint density at radius 1 is 0.914 bits per heavy atom. The molecule has 2 heterocycles. The highest BCUT2D eigenvalue weighted by Crippen LogP contribution is 2.27. The van der Waals surface area contributed by atoms with Gasteiger partial charge in [-0.2, -0.15) is 9.97 Å². The molecular formula is C25H35N7O2S. The molecule has 0 aliphatic heterocycles. The first-order valence-electron chi connectivity index (χ1n) is 12.9. The molecule has 2 saturated carbocycles. The maximum Gasteiger partial charge on any atom is 0.240 e. The van der Waals surface area contributed by atoms with E-state index in [1.807, 2.05) is 4.57 Å². The molecule has 1 aromatic carbocycles. The second-order valence-electron chi connectivity index (χ2n) is 9.68. The van der Waals surface area contributed by atoms with Gasteiger partial charge in [-0.1, -0.05) is 38.5 Å². The first-order valence-corrected chi connectivity index (χ1v) is 14.4. The van der Waals surface area contributed by atoms with E-state index in [1.54, 1.807) is 30.6 Å². The Hall–Kier alpha value is -2.72. The van der Waals surface area contributed by atoms with Gasteiger partial charge in [-0.3, -0.25) is 0 Å². The van der Waals surface area contributed by atoms with Gasteiger partial charge in [0, 0.05) is 24.3 Å². The van der Waals surface area contributed by atoms with Crippen LogP contribution in [0.3, 0.4) is 0 Å². The van der Waals surface area contributed by atoms with E-state index in [2.05, 4.69) is 27.3 Å². The van der Waals surface area contributed by atoms with Crippen LogP contribution in [0.5, 0.6) is 0 Å². The van der Waals surface area contributed by atoms with Gasteiger partial charge in [0.1, 0.15) is 0 Å². The van der Waals surface area contributed by atoms with Gasteiger partial charge in [0.2, 0.25) is 16.0 Å². The maximum atomic E-state index is 12.8. The number of nitrogens with zero attached hydrogens (tertiary/aromatic N) is 4. The summed E-state index contributed by atoms with van der Waals surface area (Å²) >= 11 is 0. The van der Waals surface area contributed by atoms with Gasteiger partial charge < -0.3 is 15.2 Å². The fourth-order valence-electron chi connectivity index (χ4n) is 5.12. The van der Waals surface area contributed by atoms with E-state index in [-0.39, 0.29) is 10.9 Å². The second kappa shape index (κ2) is 10.5. The molecular weight excluding hydrogens is 462 g/mol. The van der Waals surface area contributed by atoms with Crippen LogP contribution >= 0.6 is 0 Å². The quantitative estimate of drug-likeness (QED) is 0.404. The topological polar surface area (TPSA) is 114 Å². The molecule has 0 unspecified atom stereocenters. The molecule has 0 radical (unpaired) electrons. The third-order valence-corrected chi connectivity index (χ3v) is 8.63.